The molecule has 1 aromatic carbocycles. The van der Waals surface area contributed by atoms with E-state index in [9.17, 15) is 13.2 Å². The molecule has 1 aliphatic heterocycles. The first-order valence-electron chi connectivity index (χ1n) is 6.83. The average molecular weight is 296 g/mol. The maximum absolute atomic E-state index is 12.1. The molecule has 2 rings (SSSR count). The highest BCUT2D eigenvalue weighted by Gasteiger charge is 2.21. The predicted molar refractivity (Wildman–Crippen MR) is 79.4 cm³/mol. The Morgan fingerprint density at radius 2 is 2.00 bits per heavy atom. The van der Waals surface area contributed by atoms with Crippen molar-refractivity contribution in [1.82, 2.24) is 5.32 Å². The number of rotatable bonds is 5. The molecule has 1 aliphatic rings. The number of para-hydroxylation sites is 1. The Bertz CT molecular complexity index is 584. The first kappa shape index (κ1) is 15.0. The van der Waals surface area contributed by atoms with Crippen molar-refractivity contribution in [3.63, 3.8) is 0 Å². The first-order chi connectivity index (χ1) is 9.53. The number of benzene rings is 1. The number of hydrogen-bond donors (Lipinski definition) is 1. The van der Waals surface area contributed by atoms with Crippen LogP contribution in [0.4, 0.5) is 5.69 Å². The number of sulfone groups is 1. The van der Waals surface area contributed by atoms with E-state index in [1.165, 1.54) is 0 Å². The van der Waals surface area contributed by atoms with Gasteiger partial charge in [0.1, 0.15) is 9.84 Å². The van der Waals surface area contributed by atoms with Gasteiger partial charge >= 0.3 is 0 Å². The molecular weight excluding hydrogens is 276 g/mol. The monoisotopic (exact) mass is 296 g/mol. The van der Waals surface area contributed by atoms with Crippen molar-refractivity contribution >= 4 is 21.4 Å². The van der Waals surface area contributed by atoms with Gasteiger partial charge in [0.25, 0.3) is 0 Å². The highest BCUT2D eigenvalue weighted by atomic mass is 32.2. The van der Waals surface area contributed by atoms with Gasteiger partial charge in [0.05, 0.1) is 12.3 Å². The second-order valence-electron chi connectivity index (χ2n) is 4.87. The summed E-state index contributed by atoms with van der Waals surface area (Å²) >= 11 is 0. The summed E-state index contributed by atoms with van der Waals surface area (Å²) in [5, 5.41) is 3.09. The van der Waals surface area contributed by atoms with Crippen molar-refractivity contribution in [1.29, 1.82) is 0 Å². The molecule has 0 unspecified atom stereocenters. The maximum atomic E-state index is 12.1. The third-order valence-electron chi connectivity index (χ3n) is 3.45. The number of anilines is 1. The van der Waals surface area contributed by atoms with Crippen molar-refractivity contribution in [3.8, 4) is 0 Å². The van der Waals surface area contributed by atoms with Gasteiger partial charge in [-0.2, -0.15) is 0 Å². The van der Waals surface area contributed by atoms with Crippen LogP contribution in [0.5, 0.6) is 0 Å². The molecule has 0 atom stereocenters. The van der Waals surface area contributed by atoms with Crippen LogP contribution in [0.1, 0.15) is 18.9 Å². The van der Waals surface area contributed by atoms with Gasteiger partial charge in [0, 0.05) is 24.5 Å². The van der Waals surface area contributed by atoms with Gasteiger partial charge in [-0.25, -0.2) is 8.42 Å². The van der Waals surface area contributed by atoms with Crippen LogP contribution in [0, 0.1) is 0 Å². The highest BCUT2D eigenvalue weighted by molar-refractivity contribution is 7.91. The Hall–Kier alpha value is -1.40. The fraction of sp³-hybridized carbons (Fsp3) is 0.500. The van der Waals surface area contributed by atoms with E-state index < -0.39 is 9.84 Å². The minimum Gasteiger partial charge on any atom is -0.311 e. The first-order valence-corrected chi connectivity index (χ1v) is 8.65. The molecule has 1 heterocycles. The topological polar surface area (TPSA) is 66.5 Å². The van der Waals surface area contributed by atoms with Crippen molar-refractivity contribution in [3.05, 3.63) is 29.8 Å². The van der Waals surface area contributed by atoms with Crippen LogP contribution in [0.15, 0.2) is 24.3 Å². The Balaban J connectivity index is 2.11. The molecule has 0 fully saturated rings. The molecule has 0 aliphatic carbocycles. The van der Waals surface area contributed by atoms with Crippen molar-refractivity contribution in [2.75, 3.05) is 29.5 Å². The second-order valence-corrected chi connectivity index (χ2v) is 7.34. The van der Waals surface area contributed by atoms with Crippen LogP contribution < -0.4 is 10.2 Å². The molecule has 0 saturated carbocycles. The van der Waals surface area contributed by atoms with Crippen molar-refractivity contribution in [2.24, 2.45) is 0 Å². The minimum atomic E-state index is -2.98. The molecule has 6 heteroatoms. The molecule has 1 amide bonds. The molecule has 0 aromatic heterocycles. The van der Waals surface area contributed by atoms with Crippen LogP contribution in [-0.2, 0) is 21.2 Å². The van der Waals surface area contributed by atoms with Crippen LogP contribution in [0.25, 0.3) is 0 Å². The largest absolute Gasteiger partial charge is 0.311 e. The summed E-state index contributed by atoms with van der Waals surface area (Å²) in [6.45, 7) is 3.03. The zero-order valence-electron chi connectivity index (χ0n) is 11.6. The molecule has 0 spiro atoms. The minimum absolute atomic E-state index is 0.0103. The molecule has 5 nitrogen and oxygen atoms in total. The molecule has 1 aromatic rings. The number of carbonyl (C=O) groups excluding carboxylic acids is 1. The quantitative estimate of drug-likeness (QED) is 0.878. The summed E-state index contributed by atoms with van der Waals surface area (Å²) in [5.41, 5.74) is 1.95. The van der Waals surface area contributed by atoms with Crippen molar-refractivity contribution < 1.29 is 13.2 Å². The Morgan fingerprint density at radius 1 is 1.25 bits per heavy atom. The fourth-order valence-corrected chi connectivity index (χ4v) is 3.15. The standard InChI is InChI=1S/C14H20N2O3S/c1-2-20(18,19)9-5-8-16-13-7-4-3-6-12(13)10-15-11-14(16)17/h3-4,6-7,15H,2,5,8-11H2,1H3. The summed E-state index contributed by atoms with van der Waals surface area (Å²) in [5.74, 6) is 0.269. The normalized spacial score (nSPS) is 15.8. The highest BCUT2D eigenvalue weighted by Crippen LogP contribution is 2.22. The van der Waals surface area contributed by atoms with E-state index in [0.717, 1.165) is 11.3 Å². The second kappa shape index (κ2) is 6.37. The fourth-order valence-electron chi connectivity index (χ4n) is 2.29. The summed E-state index contributed by atoms with van der Waals surface area (Å²) in [7, 11) is -2.98. The Morgan fingerprint density at radius 3 is 2.75 bits per heavy atom. The Labute approximate surface area is 119 Å². The van der Waals surface area contributed by atoms with Crippen LogP contribution in [0.3, 0.4) is 0 Å². The molecule has 1 N–H and O–H groups in total. The maximum Gasteiger partial charge on any atom is 0.240 e. The third kappa shape index (κ3) is 3.58. The van der Waals surface area contributed by atoms with Gasteiger partial charge in [0.15, 0.2) is 0 Å². The summed E-state index contributed by atoms with van der Waals surface area (Å²) < 4.78 is 23.0. The zero-order chi connectivity index (χ0) is 14.6. The molecule has 20 heavy (non-hydrogen) atoms. The van der Waals surface area contributed by atoms with Gasteiger partial charge in [-0.15, -0.1) is 0 Å². The number of carbonyl (C=O) groups is 1. The number of fused-ring (bicyclic) bond motifs is 1. The molecule has 0 bridgehead atoms. The number of amides is 1. The van der Waals surface area contributed by atoms with Gasteiger partial charge in [-0.1, -0.05) is 25.1 Å². The molecular formula is C14H20N2O3S. The molecule has 0 saturated heterocycles. The number of hydrogen-bond acceptors (Lipinski definition) is 4. The van der Waals surface area contributed by atoms with Gasteiger partial charge in [-0.3, -0.25) is 4.79 Å². The van der Waals surface area contributed by atoms with E-state index in [2.05, 4.69) is 5.32 Å². The zero-order valence-corrected chi connectivity index (χ0v) is 12.4. The third-order valence-corrected chi connectivity index (χ3v) is 5.24. The summed E-state index contributed by atoms with van der Waals surface area (Å²) in [4.78, 5) is 13.8. The summed E-state index contributed by atoms with van der Waals surface area (Å²) in [6.07, 6.45) is 0.468. The van der Waals surface area contributed by atoms with E-state index in [0.29, 0.717) is 19.5 Å². The molecule has 0 radical (unpaired) electrons. The van der Waals surface area contributed by atoms with Crippen LogP contribution in [0.2, 0.25) is 0 Å². The van der Waals surface area contributed by atoms with E-state index in [1.54, 1.807) is 11.8 Å². The predicted octanol–water partition coefficient (Wildman–Crippen LogP) is 0.948. The van der Waals surface area contributed by atoms with Gasteiger partial charge in [-0.05, 0) is 18.1 Å². The SMILES string of the molecule is CCS(=O)(=O)CCCN1C(=O)CNCc2ccccc21. The lowest BCUT2D eigenvalue weighted by Gasteiger charge is -2.22. The van der Waals surface area contributed by atoms with Crippen LogP contribution >= 0.6 is 0 Å². The van der Waals surface area contributed by atoms with E-state index in [4.69, 9.17) is 0 Å². The van der Waals surface area contributed by atoms with Gasteiger partial charge < -0.3 is 10.2 Å². The van der Waals surface area contributed by atoms with Gasteiger partial charge in [0.2, 0.25) is 5.91 Å². The lowest BCUT2D eigenvalue weighted by molar-refractivity contribution is -0.117. The summed E-state index contributed by atoms with van der Waals surface area (Å²) in [6, 6.07) is 7.73. The van der Waals surface area contributed by atoms with E-state index >= 15 is 0 Å². The Kier molecular flexibility index (Phi) is 4.77. The van der Waals surface area contributed by atoms with E-state index in [-0.39, 0.29) is 24.0 Å². The number of nitrogens with zero attached hydrogens (tertiary/aromatic N) is 1. The average Bonchev–Trinajstić information content (AvgIpc) is 2.59. The smallest absolute Gasteiger partial charge is 0.240 e. The number of nitrogens with one attached hydrogen (secondary N) is 1. The lowest BCUT2D eigenvalue weighted by atomic mass is 10.1. The van der Waals surface area contributed by atoms with Crippen LogP contribution in [-0.4, -0.2) is 38.9 Å². The van der Waals surface area contributed by atoms with Crippen molar-refractivity contribution in [2.45, 2.75) is 19.9 Å². The van der Waals surface area contributed by atoms with E-state index in [1.807, 2.05) is 24.3 Å². The molecule has 110 valence electrons. The lowest BCUT2D eigenvalue weighted by Crippen LogP contribution is -2.36.